The van der Waals surface area contributed by atoms with E-state index in [1.54, 1.807) is 0 Å². The predicted octanol–water partition coefficient (Wildman–Crippen LogP) is 1.82. The number of aromatic nitrogens is 2. The largest absolute Gasteiger partial charge is 0.491 e. The van der Waals surface area contributed by atoms with Gasteiger partial charge in [0.1, 0.15) is 18.1 Å². The maximum Gasteiger partial charge on any atom is 0.332 e. The van der Waals surface area contributed by atoms with Crippen LogP contribution in [0.5, 0.6) is 5.75 Å². The highest BCUT2D eigenvalue weighted by atomic mass is 16.6. The Morgan fingerprint density at radius 1 is 1.43 bits per heavy atom. The quantitative estimate of drug-likeness (QED) is 0.653. The third-order valence-corrected chi connectivity index (χ3v) is 3.27. The van der Waals surface area contributed by atoms with Crippen LogP contribution < -0.4 is 15.8 Å². The van der Waals surface area contributed by atoms with E-state index in [1.807, 2.05) is 24.3 Å². The first kappa shape index (κ1) is 13.1. The average Bonchev–Trinajstić information content (AvgIpc) is 2.81. The van der Waals surface area contributed by atoms with Crippen molar-refractivity contribution in [2.24, 2.45) is 0 Å². The zero-order chi connectivity index (χ0) is 15.0. The average molecular weight is 287 g/mol. The Balaban J connectivity index is 1.98. The Morgan fingerprint density at radius 2 is 2.19 bits per heavy atom. The lowest BCUT2D eigenvalue weighted by Crippen LogP contribution is -2.16. The van der Waals surface area contributed by atoms with E-state index < -0.39 is 4.92 Å². The first-order chi connectivity index (χ1) is 10.1. The lowest BCUT2D eigenvalue weighted by molar-refractivity contribution is -0.385. The number of nitrogens with one attached hydrogen (secondary N) is 1. The molecule has 21 heavy (non-hydrogen) atoms. The number of nitrogens with two attached hydrogens (primary N) is 1. The molecule has 108 valence electrons. The molecule has 0 saturated carbocycles. The van der Waals surface area contributed by atoms with E-state index in [9.17, 15) is 10.1 Å². The standard InChI is InChI=1S/C13H13N5O3/c1-7-11(18(19)20)12(17-13(14)15-7)16-9-6-21-10-5-3-2-4-8(9)10/h2-5,9H,6H2,1H3,(H3,14,15,16,17). The van der Waals surface area contributed by atoms with Crippen LogP contribution in [-0.4, -0.2) is 21.5 Å². The lowest BCUT2D eigenvalue weighted by Gasteiger charge is -2.13. The molecule has 0 radical (unpaired) electrons. The molecule has 0 aliphatic carbocycles. The first-order valence-electron chi connectivity index (χ1n) is 6.33. The van der Waals surface area contributed by atoms with Crippen LogP contribution in [0.25, 0.3) is 0 Å². The molecule has 0 bridgehead atoms. The minimum Gasteiger partial charge on any atom is -0.491 e. The second kappa shape index (κ2) is 4.89. The summed E-state index contributed by atoms with van der Waals surface area (Å²) >= 11 is 0. The van der Waals surface area contributed by atoms with Gasteiger partial charge in [-0.3, -0.25) is 10.1 Å². The van der Waals surface area contributed by atoms with Gasteiger partial charge < -0.3 is 15.8 Å². The number of rotatable bonds is 3. The molecule has 0 spiro atoms. The number of hydrogen-bond acceptors (Lipinski definition) is 7. The van der Waals surface area contributed by atoms with Crippen LogP contribution in [0.4, 0.5) is 17.5 Å². The summed E-state index contributed by atoms with van der Waals surface area (Å²) in [5, 5.41) is 14.2. The van der Waals surface area contributed by atoms with Gasteiger partial charge in [0.15, 0.2) is 0 Å². The fourth-order valence-corrected chi connectivity index (χ4v) is 2.36. The van der Waals surface area contributed by atoms with Gasteiger partial charge in [0, 0.05) is 5.56 Å². The van der Waals surface area contributed by atoms with E-state index in [-0.39, 0.29) is 29.2 Å². The highest BCUT2D eigenvalue weighted by Gasteiger charge is 2.28. The van der Waals surface area contributed by atoms with Gasteiger partial charge in [0.05, 0.1) is 11.0 Å². The van der Waals surface area contributed by atoms with Crippen molar-refractivity contribution in [1.82, 2.24) is 9.97 Å². The first-order valence-corrected chi connectivity index (χ1v) is 6.33. The zero-order valence-corrected chi connectivity index (χ0v) is 11.2. The Kier molecular flexibility index (Phi) is 3.05. The van der Waals surface area contributed by atoms with Crippen molar-refractivity contribution in [3.8, 4) is 5.75 Å². The van der Waals surface area contributed by atoms with Gasteiger partial charge in [-0.25, -0.2) is 4.98 Å². The lowest BCUT2D eigenvalue weighted by atomic mass is 10.1. The number of ether oxygens (including phenoxy) is 1. The van der Waals surface area contributed by atoms with Crippen molar-refractivity contribution in [3.63, 3.8) is 0 Å². The molecule has 1 unspecified atom stereocenters. The van der Waals surface area contributed by atoms with Gasteiger partial charge in [0.25, 0.3) is 0 Å². The predicted molar refractivity (Wildman–Crippen MR) is 76.1 cm³/mol. The molecule has 8 heteroatoms. The van der Waals surface area contributed by atoms with Gasteiger partial charge in [-0.1, -0.05) is 18.2 Å². The molecule has 1 aromatic carbocycles. The van der Waals surface area contributed by atoms with Gasteiger partial charge in [-0.2, -0.15) is 4.98 Å². The molecule has 1 aromatic heterocycles. The van der Waals surface area contributed by atoms with Crippen LogP contribution >= 0.6 is 0 Å². The van der Waals surface area contributed by atoms with Crippen molar-refractivity contribution in [1.29, 1.82) is 0 Å². The fourth-order valence-electron chi connectivity index (χ4n) is 2.36. The molecular formula is C13H13N5O3. The summed E-state index contributed by atoms with van der Waals surface area (Å²) in [5.74, 6) is 0.861. The third kappa shape index (κ3) is 2.31. The SMILES string of the molecule is Cc1nc(N)nc(NC2COc3ccccc32)c1[N+](=O)[O-]. The maximum absolute atomic E-state index is 11.2. The Morgan fingerprint density at radius 3 is 2.95 bits per heavy atom. The van der Waals surface area contributed by atoms with Gasteiger partial charge in [-0.05, 0) is 13.0 Å². The molecule has 0 fully saturated rings. The summed E-state index contributed by atoms with van der Waals surface area (Å²) in [6.07, 6.45) is 0. The molecule has 1 aliphatic heterocycles. The summed E-state index contributed by atoms with van der Waals surface area (Å²) in [5.41, 5.74) is 6.56. The second-order valence-electron chi connectivity index (χ2n) is 4.67. The van der Waals surface area contributed by atoms with Crippen LogP contribution in [0.3, 0.4) is 0 Å². The summed E-state index contributed by atoms with van der Waals surface area (Å²) in [7, 11) is 0. The molecular weight excluding hydrogens is 274 g/mol. The van der Waals surface area contributed by atoms with Crippen LogP contribution in [0.1, 0.15) is 17.3 Å². The molecule has 1 aliphatic rings. The van der Waals surface area contributed by atoms with E-state index >= 15 is 0 Å². The Labute approximate surface area is 120 Å². The normalized spacial score (nSPS) is 16.1. The number of nitrogens with zero attached hydrogens (tertiary/aromatic N) is 3. The van der Waals surface area contributed by atoms with E-state index in [2.05, 4.69) is 15.3 Å². The minimum absolute atomic E-state index is 0.00667. The van der Waals surface area contributed by atoms with Crippen molar-refractivity contribution >= 4 is 17.5 Å². The Hall–Kier alpha value is -2.90. The number of para-hydroxylation sites is 1. The Bertz CT molecular complexity index is 719. The van der Waals surface area contributed by atoms with Gasteiger partial charge >= 0.3 is 5.69 Å². The van der Waals surface area contributed by atoms with Crippen molar-refractivity contribution < 1.29 is 9.66 Å². The minimum atomic E-state index is -0.515. The third-order valence-electron chi connectivity index (χ3n) is 3.27. The van der Waals surface area contributed by atoms with Crippen LogP contribution in [0.15, 0.2) is 24.3 Å². The smallest absolute Gasteiger partial charge is 0.332 e. The number of nitro groups is 1. The van der Waals surface area contributed by atoms with Crippen molar-refractivity contribution in [2.45, 2.75) is 13.0 Å². The molecule has 0 saturated heterocycles. The van der Waals surface area contributed by atoms with Crippen molar-refractivity contribution in [3.05, 3.63) is 45.6 Å². The maximum atomic E-state index is 11.2. The van der Waals surface area contributed by atoms with E-state index in [1.165, 1.54) is 6.92 Å². The van der Waals surface area contributed by atoms with Gasteiger partial charge in [0.2, 0.25) is 11.8 Å². The van der Waals surface area contributed by atoms with E-state index in [0.717, 1.165) is 11.3 Å². The molecule has 3 rings (SSSR count). The fraction of sp³-hybridized carbons (Fsp3) is 0.231. The number of hydrogen-bond donors (Lipinski definition) is 2. The molecule has 2 aromatic rings. The van der Waals surface area contributed by atoms with Gasteiger partial charge in [-0.15, -0.1) is 0 Å². The number of benzene rings is 1. The van der Waals surface area contributed by atoms with Crippen LogP contribution in [0.2, 0.25) is 0 Å². The molecule has 3 N–H and O–H groups in total. The molecule has 2 heterocycles. The van der Waals surface area contributed by atoms with Crippen molar-refractivity contribution in [2.75, 3.05) is 17.7 Å². The number of anilines is 2. The highest BCUT2D eigenvalue weighted by molar-refractivity contribution is 5.62. The zero-order valence-electron chi connectivity index (χ0n) is 11.2. The van der Waals surface area contributed by atoms with Crippen LogP contribution in [-0.2, 0) is 0 Å². The number of nitrogen functional groups attached to an aromatic ring is 1. The number of fused-ring (bicyclic) bond motifs is 1. The number of aryl methyl sites for hydroxylation is 1. The summed E-state index contributed by atoms with van der Waals surface area (Å²) < 4.78 is 5.54. The molecule has 8 nitrogen and oxygen atoms in total. The topological polar surface area (TPSA) is 116 Å². The monoisotopic (exact) mass is 287 g/mol. The highest BCUT2D eigenvalue weighted by Crippen LogP contribution is 2.36. The van der Waals surface area contributed by atoms with E-state index in [0.29, 0.717) is 6.61 Å². The van der Waals surface area contributed by atoms with E-state index in [4.69, 9.17) is 10.5 Å². The summed E-state index contributed by atoms with van der Waals surface area (Å²) in [4.78, 5) is 18.4. The van der Waals surface area contributed by atoms with Crippen LogP contribution in [0, 0.1) is 17.0 Å². The summed E-state index contributed by atoms with van der Waals surface area (Å²) in [6, 6.07) is 7.30. The summed E-state index contributed by atoms with van der Waals surface area (Å²) in [6.45, 7) is 1.90. The molecule has 1 atom stereocenters. The molecule has 0 amide bonds. The second-order valence-corrected chi connectivity index (χ2v) is 4.67.